The van der Waals surface area contributed by atoms with E-state index >= 15 is 0 Å². The molecule has 1 saturated heterocycles. The summed E-state index contributed by atoms with van der Waals surface area (Å²) >= 11 is 0. The summed E-state index contributed by atoms with van der Waals surface area (Å²) in [4.78, 5) is 23.0. The molecule has 7 heteroatoms. The van der Waals surface area contributed by atoms with Gasteiger partial charge in [0.25, 0.3) is 0 Å². The summed E-state index contributed by atoms with van der Waals surface area (Å²) in [6.07, 6.45) is 3.33. The highest BCUT2D eigenvalue weighted by atomic mass is 16.5. The van der Waals surface area contributed by atoms with E-state index in [0.717, 1.165) is 48.6 Å². The normalized spacial score (nSPS) is 18.6. The van der Waals surface area contributed by atoms with Crippen molar-refractivity contribution in [3.8, 4) is 5.88 Å². The largest absolute Gasteiger partial charge is 0.474 e. The molecule has 2 aliphatic heterocycles. The summed E-state index contributed by atoms with van der Waals surface area (Å²) in [6.45, 7) is 6.99. The Morgan fingerprint density at radius 3 is 2.64 bits per heavy atom. The van der Waals surface area contributed by atoms with Crippen LogP contribution in [-0.4, -0.2) is 60.4 Å². The summed E-state index contributed by atoms with van der Waals surface area (Å²) in [5.41, 5.74) is 2.16. The highest BCUT2D eigenvalue weighted by molar-refractivity contribution is 5.73. The lowest BCUT2D eigenvalue weighted by Crippen LogP contribution is -2.45. The molecule has 0 radical (unpaired) electrons. The molecule has 0 saturated carbocycles. The van der Waals surface area contributed by atoms with Gasteiger partial charge in [-0.25, -0.2) is 9.78 Å². The van der Waals surface area contributed by atoms with Crippen molar-refractivity contribution in [3.05, 3.63) is 17.1 Å². The lowest BCUT2D eigenvalue weighted by molar-refractivity contribution is 0.106. The van der Waals surface area contributed by atoms with Gasteiger partial charge in [-0.05, 0) is 0 Å². The summed E-state index contributed by atoms with van der Waals surface area (Å²) in [5.74, 6) is 1.81. The molecule has 2 amide bonds. The van der Waals surface area contributed by atoms with Gasteiger partial charge in [-0.15, -0.1) is 0 Å². The Balaban J connectivity index is 1.75. The first kappa shape index (κ1) is 17.9. The van der Waals surface area contributed by atoms with Crippen LogP contribution >= 0.6 is 0 Å². The minimum Gasteiger partial charge on any atom is -0.474 e. The number of rotatable bonds is 3. The highest BCUT2D eigenvalue weighted by Gasteiger charge is 2.26. The molecule has 3 heterocycles. The van der Waals surface area contributed by atoms with Gasteiger partial charge in [0.1, 0.15) is 11.9 Å². The van der Waals surface area contributed by atoms with E-state index in [-0.39, 0.29) is 18.1 Å². The Hall–Kier alpha value is -1.89. The summed E-state index contributed by atoms with van der Waals surface area (Å²) in [7, 11) is 1.66. The van der Waals surface area contributed by atoms with Gasteiger partial charge in [0.05, 0.1) is 18.9 Å². The number of fused-ring (bicyclic) bond motifs is 1. The standard InChI is InChI=1S/C18H28N4O3/c1-12(2)16-20-15-7-11-24-10-6-14(15)17(21-16)25-13-4-8-22(9-5-13)18(23)19-3/h12-13H,4-11H2,1-3H3,(H,19,23). The van der Waals surface area contributed by atoms with E-state index in [4.69, 9.17) is 19.4 Å². The van der Waals surface area contributed by atoms with Crippen LogP contribution in [0.1, 0.15) is 49.7 Å². The van der Waals surface area contributed by atoms with Gasteiger partial charge >= 0.3 is 6.03 Å². The molecule has 0 spiro atoms. The molecule has 0 aliphatic carbocycles. The van der Waals surface area contributed by atoms with E-state index in [1.807, 2.05) is 4.90 Å². The van der Waals surface area contributed by atoms with Crippen molar-refractivity contribution in [1.82, 2.24) is 20.2 Å². The van der Waals surface area contributed by atoms with E-state index in [1.165, 1.54) is 0 Å². The number of piperidine rings is 1. The molecule has 1 aromatic heterocycles. The fourth-order valence-corrected chi connectivity index (χ4v) is 3.28. The molecular formula is C18H28N4O3. The lowest BCUT2D eigenvalue weighted by Gasteiger charge is -2.32. The van der Waals surface area contributed by atoms with Crippen LogP contribution in [0.4, 0.5) is 4.79 Å². The Labute approximate surface area is 149 Å². The monoisotopic (exact) mass is 348 g/mol. The van der Waals surface area contributed by atoms with Gasteiger partial charge < -0.3 is 19.7 Å². The molecular weight excluding hydrogens is 320 g/mol. The van der Waals surface area contributed by atoms with E-state index in [0.29, 0.717) is 26.3 Å². The number of carbonyl (C=O) groups is 1. The van der Waals surface area contributed by atoms with Gasteiger partial charge in [0, 0.05) is 57.3 Å². The van der Waals surface area contributed by atoms with E-state index in [9.17, 15) is 4.79 Å². The van der Waals surface area contributed by atoms with Crippen molar-refractivity contribution in [2.24, 2.45) is 0 Å². The number of nitrogens with zero attached hydrogens (tertiary/aromatic N) is 3. The van der Waals surface area contributed by atoms with Crippen molar-refractivity contribution in [3.63, 3.8) is 0 Å². The van der Waals surface area contributed by atoms with Crippen LogP contribution in [0, 0.1) is 0 Å². The molecule has 25 heavy (non-hydrogen) atoms. The second kappa shape index (κ2) is 7.99. The first-order valence-corrected chi connectivity index (χ1v) is 9.19. The molecule has 0 aromatic carbocycles. The number of ether oxygens (including phenoxy) is 2. The maximum Gasteiger partial charge on any atom is 0.317 e. The number of likely N-dealkylation sites (tertiary alicyclic amines) is 1. The fraction of sp³-hybridized carbons (Fsp3) is 0.722. The van der Waals surface area contributed by atoms with Gasteiger partial charge in [-0.2, -0.15) is 4.98 Å². The van der Waals surface area contributed by atoms with Gasteiger partial charge in [0.15, 0.2) is 0 Å². The SMILES string of the molecule is CNC(=O)N1CCC(Oc2nc(C(C)C)nc3c2CCOCC3)CC1. The molecule has 1 fully saturated rings. The third kappa shape index (κ3) is 4.21. The molecule has 1 N–H and O–H groups in total. The summed E-state index contributed by atoms with van der Waals surface area (Å²) in [6, 6.07) is -0.0198. The number of hydrogen-bond donors (Lipinski definition) is 1. The van der Waals surface area contributed by atoms with Crippen LogP contribution in [-0.2, 0) is 17.6 Å². The van der Waals surface area contributed by atoms with Gasteiger partial charge in [-0.1, -0.05) is 13.8 Å². The van der Waals surface area contributed by atoms with Crippen LogP contribution in [0.25, 0.3) is 0 Å². The minimum atomic E-state index is -0.0198. The number of urea groups is 1. The van der Waals surface area contributed by atoms with Crippen molar-refractivity contribution >= 4 is 6.03 Å². The van der Waals surface area contributed by atoms with Crippen LogP contribution in [0.3, 0.4) is 0 Å². The molecule has 138 valence electrons. The molecule has 0 atom stereocenters. The summed E-state index contributed by atoms with van der Waals surface area (Å²) < 4.78 is 11.9. The van der Waals surface area contributed by atoms with E-state index in [1.54, 1.807) is 7.05 Å². The lowest BCUT2D eigenvalue weighted by atomic mass is 10.1. The Bertz CT molecular complexity index is 613. The molecule has 7 nitrogen and oxygen atoms in total. The zero-order valence-corrected chi connectivity index (χ0v) is 15.4. The number of amides is 2. The third-order valence-corrected chi connectivity index (χ3v) is 4.79. The average molecular weight is 348 g/mol. The zero-order valence-electron chi connectivity index (χ0n) is 15.4. The first-order chi connectivity index (χ1) is 12.1. The second-order valence-electron chi connectivity index (χ2n) is 6.94. The quantitative estimate of drug-likeness (QED) is 0.903. The molecule has 1 aromatic rings. The Morgan fingerprint density at radius 2 is 1.96 bits per heavy atom. The van der Waals surface area contributed by atoms with Crippen molar-refractivity contribution in [2.75, 3.05) is 33.4 Å². The van der Waals surface area contributed by atoms with Crippen molar-refractivity contribution < 1.29 is 14.3 Å². The number of hydrogen-bond acceptors (Lipinski definition) is 5. The maximum absolute atomic E-state index is 11.7. The van der Waals surface area contributed by atoms with Crippen LogP contribution in [0.15, 0.2) is 0 Å². The third-order valence-electron chi connectivity index (χ3n) is 4.79. The zero-order chi connectivity index (χ0) is 17.8. The van der Waals surface area contributed by atoms with Crippen molar-refractivity contribution in [1.29, 1.82) is 0 Å². The number of carbonyl (C=O) groups excluding carboxylic acids is 1. The Morgan fingerprint density at radius 1 is 1.24 bits per heavy atom. The van der Waals surface area contributed by atoms with Gasteiger partial charge in [-0.3, -0.25) is 0 Å². The number of nitrogens with one attached hydrogen (secondary N) is 1. The highest BCUT2D eigenvalue weighted by Crippen LogP contribution is 2.27. The smallest absolute Gasteiger partial charge is 0.317 e. The van der Waals surface area contributed by atoms with Crippen LogP contribution in [0.5, 0.6) is 5.88 Å². The molecule has 2 aliphatic rings. The van der Waals surface area contributed by atoms with Gasteiger partial charge in [0.2, 0.25) is 5.88 Å². The van der Waals surface area contributed by atoms with E-state index in [2.05, 4.69) is 19.2 Å². The topological polar surface area (TPSA) is 76.6 Å². The second-order valence-corrected chi connectivity index (χ2v) is 6.94. The molecule has 0 bridgehead atoms. The molecule has 0 unspecified atom stereocenters. The number of aromatic nitrogens is 2. The van der Waals surface area contributed by atoms with E-state index < -0.39 is 0 Å². The van der Waals surface area contributed by atoms with Crippen molar-refractivity contribution in [2.45, 2.75) is 51.6 Å². The fourth-order valence-electron chi connectivity index (χ4n) is 3.28. The predicted octanol–water partition coefficient (Wildman–Crippen LogP) is 1.90. The Kier molecular flexibility index (Phi) is 5.73. The predicted molar refractivity (Wildman–Crippen MR) is 94.0 cm³/mol. The van der Waals surface area contributed by atoms with Crippen LogP contribution < -0.4 is 10.1 Å². The first-order valence-electron chi connectivity index (χ1n) is 9.19. The average Bonchev–Trinajstić information content (AvgIpc) is 2.87. The summed E-state index contributed by atoms with van der Waals surface area (Å²) in [5, 5.41) is 2.68. The van der Waals surface area contributed by atoms with Crippen LogP contribution in [0.2, 0.25) is 0 Å². The minimum absolute atomic E-state index is 0.0198. The maximum atomic E-state index is 11.7. The molecule has 3 rings (SSSR count).